The summed E-state index contributed by atoms with van der Waals surface area (Å²) < 4.78 is 32.6. The first-order valence-electron chi connectivity index (χ1n) is 8.21. The van der Waals surface area contributed by atoms with Crippen LogP contribution in [0.4, 0.5) is 0 Å². The molecule has 0 aliphatic carbocycles. The largest absolute Gasteiger partial charge is 0.497 e. The van der Waals surface area contributed by atoms with Crippen LogP contribution in [-0.2, 0) is 10.0 Å². The minimum absolute atomic E-state index is 0.227. The molecule has 2 aromatic carbocycles. The van der Waals surface area contributed by atoms with E-state index >= 15 is 0 Å². The molecule has 5 heteroatoms. The molecule has 3 rings (SSSR count). The van der Waals surface area contributed by atoms with Gasteiger partial charge in [0.2, 0.25) is 10.0 Å². The van der Waals surface area contributed by atoms with Crippen LogP contribution in [0.2, 0.25) is 0 Å². The Labute approximate surface area is 144 Å². The summed E-state index contributed by atoms with van der Waals surface area (Å²) in [6.45, 7) is 3.07. The third-order valence-electron chi connectivity index (χ3n) is 4.63. The molecular weight excluding hydrogens is 322 g/mol. The van der Waals surface area contributed by atoms with Crippen molar-refractivity contribution in [1.29, 1.82) is 0 Å². The zero-order valence-corrected chi connectivity index (χ0v) is 14.9. The second-order valence-electron chi connectivity index (χ2n) is 6.29. The molecule has 0 N–H and O–H groups in total. The Balaban J connectivity index is 1.80. The third kappa shape index (κ3) is 3.47. The van der Waals surface area contributed by atoms with Gasteiger partial charge in [0.25, 0.3) is 0 Å². The fourth-order valence-corrected chi connectivity index (χ4v) is 4.69. The number of ether oxygens (including phenoxy) is 1. The van der Waals surface area contributed by atoms with E-state index in [9.17, 15) is 8.42 Å². The Morgan fingerprint density at radius 2 is 1.71 bits per heavy atom. The van der Waals surface area contributed by atoms with E-state index in [2.05, 4.69) is 0 Å². The lowest BCUT2D eigenvalue weighted by Gasteiger charge is -2.32. The molecule has 4 nitrogen and oxygen atoms in total. The minimum atomic E-state index is -3.42. The summed E-state index contributed by atoms with van der Waals surface area (Å²) in [7, 11) is -1.78. The van der Waals surface area contributed by atoms with Gasteiger partial charge in [-0.05, 0) is 55.5 Å². The Kier molecular flexibility index (Phi) is 4.92. The van der Waals surface area contributed by atoms with Crippen molar-refractivity contribution in [2.45, 2.75) is 30.6 Å². The highest BCUT2D eigenvalue weighted by atomic mass is 32.2. The molecule has 0 aromatic heterocycles. The van der Waals surface area contributed by atoms with Crippen LogP contribution in [0.3, 0.4) is 0 Å². The van der Waals surface area contributed by atoms with Gasteiger partial charge in [0.1, 0.15) is 5.75 Å². The highest BCUT2D eigenvalue weighted by Crippen LogP contribution is 2.31. The monoisotopic (exact) mass is 345 g/mol. The molecule has 1 heterocycles. The van der Waals surface area contributed by atoms with E-state index in [1.54, 1.807) is 23.5 Å². The van der Waals surface area contributed by atoms with Gasteiger partial charge in [0.15, 0.2) is 0 Å². The molecule has 2 aromatic rings. The average Bonchev–Trinajstić information content (AvgIpc) is 2.62. The highest BCUT2D eigenvalue weighted by Gasteiger charge is 2.30. The van der Waals surface area contributed by atoms with Crippen LogP contribution in [0.1, 0.15) is 29.9 Å². The number of methoxy groups -OCH3 is 1. The SMILES string of the molecule is COc1ccc(C2CCCN(S(=O)(=O)c3ccc(C)cc3)C2)cc1. The van der Waals surface area contributed by atoms with Crippen LogP contribution < -0.4 is 4.74 Å². The minimum Gasteiger partial charge on any atom is -0.497 e. The summed E-state index contributed by atoms with van der Waals surface area (Å²) in [6.07, 6.45) is 1.88. The van der Waals surface area contributed by atoms with Crippen LogP contribution in [0.25, 0.3) is 0 Å². The van der Waals surface area contributed by atoms with Crippen molar-refractivity contribution in [3.05, 3.63) is 59.7 Å². The normalized spacial score (nSPS) is 19.2. The smallest absolute Gasteiger partial charge is 0.243 e. The van der Waals surface area contributed by atoms with E-state index in [1.807, 2.05) is 43.3 Å². The lowest BCUT2D eigenvalue weighted by Crippen LogP contribution is -2.39. The van der Waals surface area contributed by atoms with E-state index in [-0.39, 0.29) is 5.92 Å². The fraction of sp³-hybridized carbons (Fsp3) is 0.368. The Morgan fingerprint density at radius 3 is 2.33 bits per heavy atom. The zero-order valence-electron chi connectivity index (χ0n) is 14.1. The number of sulfonamides is 1. The lowest BCUT2D eigenvalue weighted by atomic mass is 9.92. The predicted octanol–water partition coefficient (Wildman–Crippen LogP) is 3.57. The van der Waals surface area contributed by atoms with Crippen molar-refractivity contribution in [3.63, 3.8) is 0 Å². The Bertz CT molecular complexity index is 782. The summed E-state index contributed by atoms with van der Waals surface area (Å²) in [5.41, 5.74) is 2.23. The van der Waals surface area contributed by atoms with Gasteiger partial charge in [0.05, 0.1) is 12.0 Å². The molecule has 1 atom stereocenters. The van der Waals surface area contributed by atoms with Gasteiger partial charge in [-0.2, -0.15) is 4.31 Å². The van der Waals surface area contributed by atoms with Crippen molar-refractivity contribution >= 4 is 10.0 Å². The molecule has 1 saturated heterocycles. The summed E-state index contributed by atoms with van der Waals surface area (Å²) in [5, 5.41) is 0. The van der Waals surface area contributed by atoms with Gasteiger partial charge in [0, 0.05) is 13.1 Å². The van der Waals surface area contributed by atoms with Crippen LogP contribution in [0.15, 0.2) is 53.4 Å². The van der Waals surface area contributed by atoms with Crippen LogP contribution in [0.5, 0.6) is 5.75 Å². The van der Waals surface area contributed by atoms with E-state index in [1.165, 1.54) is 5.56 Å². The predicted molar refractivity (Wildman–Crippen MR) is 94.9 cm³/mol. The first-order valence-corrected chi connectivity index (χ1v) is 9.65. The lowest BCUT2D eigenvalue weighted by molar-refractivity contribution is 0.315. The van der Waals surface area contributed by atoms with Gasteiger partial charge < -0.3 is 4.74 Å². The second kappa shape index (κ2) is 6.95. The van der Waals surface area contributed by atoms with Crippen molar-refractivity contribution < 1.29 is 13.2 Å². The highest BCUT2D eigenvalue weighted by molar-refractivity contribution is 7.89. The first kappa shape index (κ1) is 17.0. The number of hydrogen-bond acceptors (Lipinski definition) is 3. The maximum atomic E-state index is 12.9. The van der Waals surface area contributed by atoms with Crippen molar-refractivity contribution in [2.24, 2.45) is 0 Å². The number of hydrogen-bond donors (Lipinski definition) is 0. The maximum Gasteiger partial charge on any atom is 0.243 e. The van der Waals surface area contributed by atoms with Gasteiger partial charge in [-0.3, -0.25) is 0 Å². The molecule has 0 spiro atoms. The molecule has 1 aliphatic rings. The number of aryl methyl sites for hydroxylation is 1. The Morgan fingerprint density at radius 1 is 1.04 bits per heavy atom. The van der Waals surface area contributed by atoms with Gasteiger partial charge >= 0.3 is 0 Å². The molecule has 1 aliphatic heterocycles. The average molecular weight is 345 g/mol. The summed E-state index contributed by atoms with van der Waals surface area (Å²) in [5.74, 6) is 1.04. The third-order valence-corrected chi connectivity index (χ3v) is 6.51. The van der Waals surface area contributed by atoms with E-state index in [0.717, 1.165) is 24.2 Å². The van der Waals surface area contributed by atoms with Gasteiger partial charge in [-0.15, -0.1) is 0 Å². The quantitative estimate of drug-likeness (QED) is 0.851. The second-order valence-corrected chi connectivity index (χ2v) is 8.23. The van der Waals surface area contributed by atoms with E-state index in [4.69, 9.17) is 4.74 Å². The molecule has 0 radical (unpaired) electrons. The number of rotatable bonds is 4. The summed E-state index contributed by atoms with van der Waals surface area (Å²) in [6, 6.07) is 15.0. The number of nitrogens with zero attached hydrogens (tertiary/aromatic N) is 1. The summed E-state index contributed by atoms with van der Waals surface area (Å²) in [4.78, 5) is 0.378. The molecule has 1 fully saturated rings. The van der Waals surface area contributed by atoms with Crippen LogP contribution in [0, 0.1) is 6.92 Å². The number of piperidine rings is 1. The zero-order chi connectivity index (χ0) is 17.2. The van der Waals surface area contributed by atoms with Gasteiger partial charge in [-0.25, -0.2) is 8.42 Å². The van der Waals surface area contributed by atoms with Crippen LogP contribution in [-0.4, -0.2) is 32.9 Å². The summed E-state index contributed by atoms with van der Waals surface area (Å²) >= 11 is 0. The maximum absolute atomic E-state index is 12.9. The molecule has 0 bridgehead atoms. The molecule has 0 saturated carbocycles. The van der Waals surface area contributed by atoms with Crippen molar-refractivity contribution in [1.82, 2.24) is 4.31 Å². The number of benzene rings is 2. The van der Waals surface area contributed by atoms with E-state index in [0.29, 0.717) is 18.0 Å². The molecular formula is C19H23NO3S. The molecule has 0 amide bonds. The standard InChI is InChI=1S/C19H23NO3S/c1-15-5-11-19(12-6-15)24(21,22)20-13-3-4-17(14-20)16-7-9-18(23-2)10-8-16/h5-12,17H,3-4,13-14H2,1-2H3. The Hall–Kier alpha value is -1.85. The van der Waals surface area contributed by atoms with Crippen molar-refractivity contribution in [2.75, 3.05) is 20.2 Å². The topological polar surface area (TPSA) is 46.6 Å². The van der Waals surface area contributed by atoms with Crippen molar-refractivity contribution in [3.8, 4) is 5.75 Å². The van der Waals surface area contributed by atoms with Gasteiger partial charge in [-0.1, -0.05) is 29.8 Å². The first-order chi connectivity index (χ1) is 11.5. The van der Waals surface area contributed by atoms with Crippen LogP contribution >= 0.6 is 0 Å². The molecule has 128 valence electrons. The molecule has 24 heavy (non-hydrogen) atoms. The fourth-order valence-electron chi connectivity index (χ4n) is 3.17. The van der Waals surface area contributed by atoms with E-state index < -0.39 is 10.0 Å². The molecule has 1 unspecified atom stereocenters.